The third-order valence-corrected chi connectivity index (χ3v) is 8.91. The second-order valence-electron chi connectivity index (χ2n) is 11.5. The van der Waals surface area contributed by atoms with Crippen molar-refractivity contribution in [2.45, 2.75) is 43.8 Å². The molecule has 6 rings (SSSR count). The zero-order valence-corrected chi connectivity index (χ0v) is 23.2. The Bertz CT molecular complexity index is 1410. The largest absolute Gasteiger partial charge is 0.480 e. The topological polar surface area (TPSA) is 99.2 Å². The Labute approximate surface area is 239 Å². The molecule has 0 radical (unpaired) electrons. The second kappa shape index (κ2) is 11.0. The third-order valence-electron chi connectivity index (χ3n) is 8.91. The van der Waals surface area contributed by atoms with Crippen LogP contribution in [-0.4, -0.2) is 70.7 Å². The van der Waals surface area contributed by atoms with Crippen LogP contribution in [0.2, 0.25) is 0 Å². The van der Waals surface area contributed by atoms with E-state index in [0.29, 0.717) is 32.5 Å². The van der Waals surface area contributed by atoms with E-state index < -0.39 is 23.6 Å². The van der Waals surface area contributed by atoms with Gasteiger partial charge in [-0.3, -0.25) is 9.69 Å². The minimum absolute atomic E-state index is 0.103. The Morgan fingerprint density at radius 3 is 2.22 bits per heavy atom. The third kappa shape index (κ3) is 5.08. The van der Waals surface area contributed by atoms with Gasteiger partial charge >= 0.3 is 12.1 Å². The molecule has 2 N–H and O–H groups in total. The number of fused-ring (bicyclic) bond motifs is 3. The number of nitrogens with zero attached hydrogens (tertiary/aromatic N) is 2. The van der Waals surface area contributed by atoms with Crippen LogP contribution in [0.3, 0.4) is 0 Å². The summed E-state index contributed by atoms with van der Waals surface area (Å²) in [5.41, 5.74) is 4.33. The molecule has 212 valence electrons. The summed E-state index contributed by atoms with van der Waals surface area (Å²) in [5, 5.41) is 12.9. The molecule has 2 fully saturated rings. The molecule has 0 bridgehead atoms. The fraction of sp³-hybridized carbons (Fsp3) is 0.364. The number of hydrogen-bond donors (Lipinski definition) is 2. The molecule has 0 saturated carbocycles. The number of carboxylic acid groups (broad SMARTS) is 1. The molecule has 3 atom stereocenters. The van der Waals surface area contributed by atoms with Crippen LogP contribution in [0, 0.1) is 5.92 Å². The van der Waals surface area contributed by atoms with Gasteiger partial charge in [0.15, 0.2) is 0 Å². The van der Waals surface area contributed by atoms with Gasteiger partial charge in [-0.2, -0.15) is 0 Å². The van der Waals surface area contributed by atoms with Crippen molar-refractivity contribution >= 4 is 18.0 Å². The van der Waals surface area contributed by atoms with Gasteiger partial charge in [-0.25, -0.2) is 9.59 Å². The Hall–Kier alpha value is -4.17. The Morgan fingerprint density at radius 1 is 0.927 bits per heavy atom. The van der Waals surface area contributed by atoms with Crippen molar-refractivity contribution in [3.05, 3.63) is 95.6 Å². The number of nitrogens with one attached hydrogen (secondary N) is 1. The minimum Gasteiger partial charge on any atom is -0.480 e. The second-order valence-corrected chi connectivity index (χ2v) is 11.5. The first-order valence-corrected chi connectivity index (χ1v) is 14.3. The number of ether oxygens (including phenoxy) is 1. The van der Waals surface area contributed by atoms with E-state index in [9.17, 15) is 19.5 Å². The van der Waals surface area contributed by atoms with Crippen molar-refractivity contribution in [3.63, 3.8) is 0 Å². The molecule has 3 aromatic rings. The summed E-state index contributed by atoms with van der Waals surface area (Å²) < 4.78 is 5.83. The molecule has 2 aliphatic heterocycles. The fourth-order valence-electron chi connectivity index (χ4n) is 6.85. The molecule has 0 spiro atoms. The number of aliphatic carboxylic acids is 1. The van der Waals surface area contributed by atoms with Crippen LogP contribution >= 0.6 is 0 Å². The summed E-state index contributed by atoms with van der Waals surface area (Å²) in [6.45, 7) is 3.84. The van der Waals surface area contributed by atoms with Gasteiger partial charge in [0.25, 0.3) is 5.91 Å². The normalized spacial score (nSPS) is 23.7. The van der Waals surface area contributed by atoms with E-state index in [1.54, 1.807) is 0 Å². The van der Waals surface area contributed by atoms with Gasteiger partial charge < -0.3 is 20.1 Å². The SMILES string of the molecule is CC1CCN(C(=O)C2(NC(=O)OCC3c4ccccc4-c4ccccc43)CCN(Cc3ccccc3)C2)C1C(=O)O. The number of amides is 2. The Morgan fingerprint density at radius 2 is 1.56 bits per heavy atom. The summed E-state index contributed by atoms with van der Waals surface area (Å²) in [4.78, 5) is 43.2. The van der Waals surface area contributed by atoms with Gasteiger partial charge in [0.05, 0.1) is 0 Å². The summed E-state index contributed by atoms with van der Waals surface area (Å²) in [7, 11) is 0. The average molecular weight is 554 g/mol. The van der Waals surface area contributed by atoms with Crippen LogP contribution in [0.25, 0.3) is 11.1 Å². The highest BCUT2D eigenvalue weighted by Crippen LogP contribution is 2.44. The molecule has 41 heavy (non-hydrogen) atoms. The number of benzene rings is 3. The summed E-state index contributed by atoms with van der Waals surface area (Å²) >= 11 is 0. The molecule has 8 heteroatoms. The summed E-state index contributed by atoms with van der Waals surface area (Å²) in [5.74, 6) is -1.63. The van der Waals surface area contributed by atoms with Gasteiger partial charge in [-0.1, -0.05) is 85.8 Å². The lowest BCUT2D eigenvalue weighted by molar-refractivity contribution is -0.152. The van der Waals surface area contributed by atoms with Gasteiger partial charge in [0.1, 0.15) is 18.2 Å². The van der Waals surface area contributed by atoms with E-state index in [0.717, 1.165) is 27.8 Å². The van der Waals surface area contributed by atoms with Gasteiger partial charge in [-0.15, -0.1) is 0 Å². The Kier molecular flexibility index (Phi) is 7.26. The van der Waals surface area contributed by atoms with Crippen LogP contribution < -0.4 is 5.32 Å². The predicted octanol–water partition coefficient (Wildman–Crippen LogP) is 4.49. The van der Waals surface area contributed by atoms with Gasteiger partial charge in [0, 0.05) is 32.1 Å². The molecule has 8 nitrogen and oxygen atoms in total. The first kappa shape index (κ1) is 27.0. The van der Waals surface area contributed by atoms with Crippen LogP contribution in [0.5, 0.6) is 0 Å². The standard InChI is InChI=1S/C33H35N3O5/c1-22-15-17-36(29(22)30(37)38)31(39)33(16-18-35(21-33)19-23-9-3-2-4-10-23)34-32(40)41-20-28-26-13-7-5-11-24(26)25-12-6-8-14-27(25)28/h2-14,22,28-29H,15-21H2,1H3,(H,34,40)(H,37,38). The number of alkyl carbamates (subject to hydrolysis) is 1. The van der Waals surface area contributed by atoms with E-state index in [1.165, 1.54) is 4.90 Å². The summed E-state index contributed by atoms with van der Waals surface area (Å²) in [6.07, 6.45) is 0.318. The first-order chi connectivity index (χ1) is 19.9. The van der Waals surface area contributed by atoms with Gasteiger partial charge in [0.2, 0.25) is 0 Å². The zero-order valence-electron chi connectivity index (χ0n) is 23.2. The lowest BCUT2D eigenvalue weighted by atomic mass is 9.95. The molecular formula is C33H35N3O5. The van der Waals surface area contributed by atoms with Crippen LogP contribution in [-0.2, 0) is 20.9 Å². The number of carbonyl (C=O) groups excluding carboxylic acids is 2. The highest BCUT2D eigenvalue weighted by molar-refractivity contribution is 5.94. The maximum Gasteiger partial charge on any atom is 0.408 e. The molecule has 3 unspecified atom stereocenters. The van der Waals surface area contributed by atoms with Crippen LogP contribution in [0.15, 0.2) is 78.9 Å². The number of carboxylic acids is 1. The number of rotatable bonds is 7. The fourth-order valence-corrected chi connectivity index (χ4v) is 6.85. The maximum absolute atomic E-state index is 14.1. The van der Waals surface area contributed by atoms with Crippen LogP contribution in [0.4, 0.5) is 4.79 Å². The molecule has 3 aliphatic rings. The molecule has 2 heterocycles. The van der Waals surface area contributed by atoms with Crippen molar-refractivity contribution in [1.29, 1.82) is 0 Å². The predicted molar refractivity (Wildman–Crippen MR) is 154 cm³/mol. The van der Waals surface area contributed by atoms with Crippen molar-refractivity contribution in [2.75, 3.05) is 26.2 Å². The van der Waals surface area contributed by atoms with E-state index in [1.807, 2.05) is 61.5 Å². The molecule has 3 aromatic carbocycles. The van der Waals surface area contributed by atoms with Gasteiger partial charge in [-0.05, 0) is 46.6 Å². The minimum atomic E-state index is -1.27. The Balaban J connectivity index is 1.21. The summed E-state index contributed by atoms with van der Waals surface area (Å²) in [6, 6.07) is 25.3. The van der Waals surface area contributed by atoms with Crippen molar-refractivity contribution in [1.82, 2.24) is 15.1 Å². The molecule has 1 aliphatic carbocycles. The van der Waals surface area contributed by atoms with Crippen LogP contribution in [0.1, 0.15) is 42.4 Å². The molecular weight excluding hydrogens is 518 g/mol. The first-order valence-electron chi connectivity index (χ1n) is 14.3. The lowest BCUT2D eigenvalue weighted by Gasteiger charge is -2.35. The molecule has 2 saturated heterocycles. The highest BCUT2D eigenvalue weighted by Gasteiger charge is 2.52. The van der Waals surface area contributed by atoms with Crippen molar-refractivity contribution in [3.8, 4) is 11.1 Å². The number of carbonyl (C=O) groups is 3. The lowest BCUT2D eigenvalue weighted by Crippen LogP contribution is -2.63. The van der Waals surface area contributed by atoms with E-state index >= 15 is 0 Å². The monoisotopic (exact) mass is 553 g/mol. The average Bonchev–Trinajstić information content (AvgIpc) is 3.66. The van der Waals surface area contributed by atoms with Crippen molar-refractivity contribution < 1.29 is 24.2 Å². The van der Waals surface area contributed by atoms with E-state index in [-0.39, 0.29) is 30.9 Å². The quantitative estimate of drug-likeness (QED) is 0.447. The number of likely N-dealkylation sites (tertiary alicyclic amines) is 2. The number of hydrogen-bond acceptors (Lipinski definition) is 5. The van der Waals surface area contributed by atoms with Crippen molar-refractivity contribution in [2.24, 2.45) is 5.92 Å². The molecule has 0 aromatic heterocycles. The maximum atomic E-state index is 14.1. The highest BCUT2D eigenvalue weighted by atomic mass is 16.5. The van der Waals surface area contributed by atoms with E-state index in [4.69, 9.17) is 4.74 Å². The zero-order chi connectivity index (χ0) is 28.6. The molecule has 2 amide bonds. The van der Waals surface area contributed by atoms with E-state index in [2.05, 4.69) is 34.5 Å². The smallest absolute Gasteiger partial charge is 0.408 e.